The van der Waals surface area contributed by atoms with Gasteiger partial charge in [-0.2, -0.15) is 17.7 Å². The van der Waals surface area contributed by atoms with Crippen LogP contribution in [0.4, 0.5) is 0 Å². The maximum absolute atomic E-state index is 2.38. The summed E-state index contributed by atoms with van der Waals surface area (Å²) in [6.45, 7) is 0. The van der Waals surface area contributed by atoms with Gasteiger partial charge in [-0.3, -0.25) is 0 Å². The Morgan fingerprint density at radius 3 is 1.69 bits per heavy atom. The minimum absolute atomic E-state index is 0. The summed E-state index contributed by atoms with van der Waals surface area (Å²) in [6, 6.07) is 9.22. The molecule has 4 bridgehead atoms. The molecule has 0 aromatic heterocycles. The SMILES string of the molecule is [Li+].c1cc[c-](C23CC4CC(CC(C4)C2)C3)c1. The molecule has 0 spiro atoms. The van der Waals surface area contributed by atoms with Crippen LogP contribution in [-0.4, -0.2) is 0 Å². The Hall–Kier alpha value is -0.0526. The van der Waals surface area contributed by atoms with Crippen LogP contribution in [0.1, 0.15) is 44.1 Å². The van der Waals surface area contributed by atoms with Crippen molar-refractivity contribution in [3.8, 4) is 0 Å². The summed E-state index contributed by atoms with van der Waals surface area (Å²) in [6.07, 6.45) is 9.18. The summed E-state index contributed by atoms with van der Waals surface area (Å²) >= 11 is 0. The van der Waals surface area contributed by atoms with E-state index in [1.165, 1.54) is 19.3 Å². The summed E-state index contributed by atoms with van der Waals surface area (Å²) in [5.41, 5.74) is 2.29. The van der Waals surface area contributed by atoms with Gasteiger partial charge in [0.1, 0.15) is 0 Å². The molecule has 1 aromatic rings. The first-order valence-electron chi connectivity index (χ1n) is 6.56. The van der Waals surface area contributed by atoms with Crippen LogP contribution >= 0.6 is 0 Å². The van der Waals surface area contributed by atoms with Crippen LogP contribution in [0.3, 0.4) is 0 Å². The van der Waals surface area contributed by atoms with Crippen molar-refractivity contribution in [2.24, 2.45) is 17.8 Å². The molecule has 0 heterocycles. The molecule has 80 valence electrons. The van der Waals surface area contributed by atoms with E-state index in [1.54, 1.807) is 24.8 Å². The van der Waals surface area contributed by atoms with E-state index in [0.717, 1.165) is 17.8 Å². The molecule has 0 radical (unpaired) electrons. The summed E-state index contributed by atoms with van der Waals surface area (Å²) < 4.78 is 0. The van der Waals surface area contributed by atoms with Gasteiger partial charge in [0.25, 0.3) is 0 Å². The molecule has 4 aliphatic carbocycles. The van der Waals surface area contributed by atoms with E-state index < -0.39 is 0 Å². The van der Waals surface area contributed by atoms with Crippen molar-refractivity contribution < 1.29 is 18.9 Å². The summed E-state index contributed by atoms with van der Waals surface area (Å²) in [7, 11) is 0. The van der Waals surface area contributed by atoms with Gasteiger partial charge in [-0.25, -0.2) is 12.1 Å². The second-order valence-electron chi connectivity index (χ2n) is 6.37. The van der Waals surface area contributed by atoms with Crippen LogP contribution in [0, 0.1) is 17.8 Å². The fourth-order valence-electron chi connectivity index (χ4n) is 5.19. The van der Waals surface area contributed by atoms with E-state index in [4.69, 9.17) is 0 Å². The minimum Gasteiger partial charge on any atom is -0.213 e. The van der Waals surface area contributed by atoms with Crippen LogP contribution in [0.15, 0.2) is 24.3 Å². The molecule has 16 heavy (non-hydrogen) atoms. The van der Waals surface area contributed by atoms with Crippen LogP contribution in [0.5, 0.6) is 0 Å². The van der Waals surface area contributed by atoms with E-state index in [1.807, 2.05) is 0 Å². The Morgan fingerprint density at radius 1 is 0.812 bits per heavy atom. The second-order valence-corrected chi connectivity index (χ2v) is 6.37. The predicted octanol–water partition coefficient (Wildman–Crippen LogP) is 0.877. The van der Waals surface area contributed by atoms with Crippen molar-refractivity contribution >= 4 is 0 Å². The molecule has 1 heteroatoms. The average Bonchev–Trinajstić information content (AvgIpc) is 2.67. The molecule has 0 aliphatic heterocycles. The Bertz CT molecular complexity index is 328. The van der Waals surface area contributed by atoms with Gasteiger partial charge in [0, 0.05) is 0 Å². The summed E-state index contributed by atoms with van der Waals surface area (Å²) in [5.74, 6) is 3.23. The molecular weight excluding hydrogens is 187 g/mol. The summed E-state index contributed by atoms with van der Waals surface area (Å²) in [5, 5.41) is 0. The zero-order chi connectivity index (χ0) is 9.88. The van der Waals surface area contributed by atoms with Gasteiger partial charge < -0.3 is 0 Å². The Balaban J connectivity index is 0.000000810. The van der Waals surface area contributed by atoms with Gasteiger partial charge in [-0.05, 0) is 42.4 Å². The van der Waals surface area contributed by atoms with Gasteiger partial charge in [-0.15, -0.1) is 0 Å². The van der Waals surface area contributed by atoms with Gasteiger partial charge in [-0.1, -0.05) is 19.3 Å². The van der Waals surface area contributed by atoms with Gasteiger partial charge in [0.15, 0.2) is 0 Å². The zero-order valence-corrected chi connectivity index (χ0v) is 10.3. The Kier molecular flexibility index (Phi) is 2.57. The van der Waals surface area contributed by atoms with Gasteiger partial charge in [0.2, 0.25) is 0 Å². The Labute approximate surface area is 110 Å². The van der Waals surface area contributed by atoms with E-state index >= 15 is 0 Å². The zero-order valence-electron chi connectivity index (χ0n) is 10.3. The largest absolute Gasteiger partial charge is 1.00 e. The third-order valence-electron chi connectivity index (χ3n) is 5.31. The predicted molar refractivity (Wildman–Crippen MR) is 61.9 cm³/mol. The van der Waals surface area contributed by atoms with Crippen molar-refractivity contribution in [1.29, 1.82) is 0 Å². The quantitative estimate of drug-likeness (QED) is 0.472. The van der Waals surface area contributed by atoms with E-state index in [0.29, 0.717) is 5.41 Å². The van der Waals surface area contributed by atoms with Crippen LogP contribution < -0.4 is 18.9 Å². The van der Waals surface area contributed by atoms with Crippen LogP contribution in [0.2, 0.25) is 0 Å². The van der Waals surface area contributed by atoms with Crippen molar-refractivity contribution in [3.05, 3.63) is 29.8 Å². The van der Waals surface area contributed by atoms with Gasteiger partial charge >= 0.3 is 18.9 Å². The molecule has 0 nitrogen and oxygen atoms in total. The van der Waals surface area contributed by atoms with Crippen LogP contribution in [-0.2, 0) is 5.41 Å². The van der Waals surface area contributed by atoms with Crippen molar-refractivity contribution in [1.82, 2.24) is 0 Å². The molecule has 4 aliphatic rings. The third-order valence-corrected chi connectivity index (χ3v) is 5.31. The van der Waals surface area contributed by atoms with E-state index in [-0.39, 0.29) is 18.9 Å². The molecule has 5 rings (SSSR count). The van der Waals surface area contributed by atoms with Crippen molar-refractivity contribution in [2.75, 3.05) is 0 Å². The maximum Gasteiger partial charge on any atom is 1.00 e. The fourth-order valence-corrected chi connectivity index (χ4v) is 5.19. The van der Waals surface area contributed by atoms with Crippen molar-refractivity contribution in [3.63, 3.8) is 0 Å². The molecular formula is C15H19Li. The first kappa shape index (κ1) is 11.1. The molecule has 0 unspecified atom stereocenters. The van der Waals surface area contributed by atoms with Gasteiger partial charge in [0.05, 0.1) is 0 Å². The minimum atomic E-state index is 0. The standard InChI is InChI=1S/C15H19.Li/c1-2-4-14(3-1)15-8-11-5-12(9-15)7-13(6-11)10-15;/h1-4,11-13H,5-10H2;/q-1;+1. The van der Waals surface area contributed by atoms with Crippen molar-refractivity contribution in [2.45, 2.75) is 43.9 Å². The number of hydrogen-bond donors (Lipinski definition) is 0. The first-order valence-corrected chi connectivity index (χ1v) is 6.56. The summed E-state index contributed by atoms with van der Waals surface area (Å²) in [4.78, 5) is 0. The molecule has 1 aromatic carbocycles. The topological polar surface area (TPSA) is 0 Å². The normalized spacial score (nSPS) is 44.4. The van der Waals surface area contributed by atoms with E-state index in [2.05, 4.69) is 24.3 Å². The monoisotopic (exact) mass is 206 g/mol. The fraction of sp³-hybridized carbons (Fsp3) is 0.667. The third kappa shape index (κ3) is 1.47. The molecule has 4 fully saturated rings. The number of hydrogen-bond acceptors (Lipinski definition) is 0. The molecule has 0 atom stereocenters. The molecule has 4 saturated carbocycles. The smallest absolute Gasteiger partial charge is 0.213 e. The molecule has 0 saturated heterocycles. The van der Waals surface area contributed by atoms with Crippen LogP contribution in [0.25, 0.3) is 0 Å². The first-order chi connectivity index (χ1) is 7.34. The van der Waals surface area contributed by atoms with E-state index in [9.17, 15) is 0 Å². The molecule has 0 N–H and O–H groups in total. The second kappa shape index (κ2) is 3.72. The molecule has 0 amide bonds. The average molecular weight is 206 g/mol. The maximum atomic E-state index is 2.38. The number of rotatable bonds is 1. The Morgan fingerprint density at radius 2 is 1.25 bits per heavy atom.